The number of carbonyl (C=O) groups excluding carboxylic acids is 2. The Morgan fingerprint density at radius 1 is 1.04 bits per heavy atom. The van der Waals surface area contributed by atoms with Crippen LogP contribution in [0.3, 0.4) is 0 Å². The highest BCUT2D eigenvalue weighted by molar-refractivity contribution is 6.05. The Balaban J connectivity index is 1.61. The molecule has 1 aliphatic heterocycles. The molecule has 136 valence electrons. The van der Waals surface area contributed by atoms with Gasteiger partial charge in [0.2, 0.25) is 5.91 Å². The summed E-state index contributed by atoms with van der Waals surface area (Å²) in [6.45, 7) is 2.69. The van der Waals surface area contributed by atoms with Gasteiger partial charge >= 0.3 is 0 Å². The van der Waals surface area contributed by atoms with Gasteiger partial charge in [0.15, 0.2) is 0 Å². The average molecular weight is 352 g/mol. The highest BCUT2D eigenvalue weighted by Gasteiger charge is 2.17. The largest absolute Gasteiger partial charge is 0.378 e. The Bertz CT molecular complexity index is 768. The Morgan fingerprint density at radius 3 is 2.46 bits per heavy atom. The molecule has 2 N–H and O–H groups in total. The second-order valence-corrected chi connectivity index (χ2v) is 6.52. The molecule has 0 spiro atoms. The molecule has 1 fully saturated rings. The zero-order valence-electron chi connectivity index (χ0n) is 15.0. The molecule has 26 heavy (non-hydrogen) atoms. The molecule has 1 atom stereocenters. The first kappa shape index (κ1) is 18.1. The number of rotatable bonds is 6. The van der Waals surface area contributed by atoms with E-state index in [2.05, 4.69) is 10.6 Å². The summed E-state index contributed by atoms with van der Waals surface area (Å²) in [5, 5.41) is 5.85. The van der Waals surface area contributed by atoms with Crippen molar-refractivity contribution < 1.29 is 14.3 Å². The Morgan fingerprint density at radius 2 is 1.77 bits per heavy atom. The lowest BCUT2D eigenvalue weighted by Crippen LogP contribution is -2.17. The first-order valence-electron chi connectivity index (χ1n) is 9.01. The fraction of sp³-hybridized carbons (Fsp3) is 0.333. The van der Waals surface area contributed by atoms with E-state index in [1.165, 1.54) is 0 Å². The Hall–Kier alpha value is -2.66. The van der Waals surface area contributed by atoms with Crippen molar-refractivity contribution in [2.45, 2.75) is 38.7 Å². The van der Waals surface area contributed by atoms with Gasteiger partial charge in [-0.2, -0.15) is 0 Å². The molecular formula is C21H24N2O3. The maximum Gasteiger partial charge on any atom is 0.255 e. The highest BCUT2D eigenvalue weighted by Crippen LogP contribution is 2.24. The first-order valence-corrected chi connectivity index (χ1v) is 9.01. The molecule has 0 aromatic heterocycles. The fourth-order valence-corrected chi connectivity index (χ4v) is 3.07. The number of hydrogen-bond acceptors (Lipinski definition) is 3. The molecule has 2 amide bonds. The monoisotopic (exact) mass is 352 g/mol. The standard InChI is InChI=1S/C21H24N2O3/c1-15-18(22-20(24)13-12-17-9-6-14-26-17)10-5-11-19(15)23-21(25)16-7-3-2-4-8-16/h2-5,7-8,10-11,17H,6,9,12-14H2,1H3,(H,22,24)(H,23,25). The van der Waals surface area contributed by atoms with Crippen LogP contribution in [0.15, 0.2) is 48.5 Å². The third-order valence-electron chi connectivity index (χ3n) is 4.61. The van der Waals surface area contributed by atoms with Crippen LogP contribution in [0.25, 0.3) is 0 Å². The van der Waals surface area contributed by atoms with E-state index >= 15 is 0 Å². The lowest BCUT2D eigenvalue weighted by Gasteiger charge is -2.14. The van der Waals surface area contributed by atoms with Crippen LogP contribution in [-0.2, 0) is 9.53 Å². The van der Waals surface area contributed by atoms with Crippen molar-refractivity contribution in [2.24, 2.45) is 0 Å². The molecule has 1 unspecified atom stereocenters. The number of amides is 2. The second-order valence-electron chi connectivity index (χ2n) is 6.52. The molecule has 0 radical (unpaired) electrons. The minimum Gasteiger partial charge on any atom is -0.378 e. The average Bonchev–Trinajstić information content (AvgIpc) is 3.17. The summed E-state index contributed by atoms with van der Waals surface area (Å²) < 4.78 is 5.55. The zero-order valence-corrected chi connectivity index (χ0v) is 15.0. The van der Waals surface area contributed by atoms with Crippen LogP contribution in [-0.4, -0.2) is 24.5 Å². The van der Waals surface area contributed by atoms with E-state index in [1.807, 2.05) is 43.3 Å². The molecule has 1 aliphatic rings. The normalized spacial score (nSPS) is 16.3. The van der Waals surface area contributed by atoms with Gasteiger partial charge in [0.05, 0.1) is 6.10 Å². The van der Waals surface area contributed by atoms with E-state index in [-0.39, 0.29) is 17.9 Å². The van der Waals surface area contributed by atoms with Crippen LogP contribution >= 0.6 is 0 Å². The van der Waals surface area contributed by atoms with Crippen LogP contribution in [0.5, 0.6) is 0 Å². The van der Waals surface area contributed by atoms with Crippen molar-refractivity contribution in [3.63, 3.8) is 0 Å². The Labute approximate surface area is 153 Å². The van der Waals surface area contributed by atoms with Crippen molar-refractivity contribution in [1.82, 2.24) is 0 Å². The maximum absolute atomic E-state index is 12.3. The van der Waals surface area contributed by atoms with Crippen molar-refractivity contribution in [3.8, 4) is 0 Å². The topological polar surface area (TPSA) is 67.4 Å². The third-order valence-corrected chi connectivity index (χ3v) is 4.61. The third kappa shape index (κ3) is 4.70. The van der Waals surface area contributed by atoms with Crippen LogP contribution < -0.4 is 10.6 Å². The molecule has 3 rings (SSSR count). The van der Waals surface area contributed by atoms with E-state index in [0.717, 1.165) is 31.4 Å². The van der Waals surface area contributed by atoms with Crippen molar-refractivity contribution >= 4 is 23.2 Å². The molecule has 0 bridgehead atoms. The molecule has 5 heteroatoms. The van der Waals surface area contributed by atoms with Gasteiger partial charge in [-0.25, -0.2) is 0 Å². The predicted molar refractivity (Wildman–Crippen MR) is 102 cm³/mol. The number of hydrogen-bond donors (Lipinski definition) is 2. The SMILES string of the molecule is Cc1c(NC(=O)CCC2CCCO2)cccc1NC(=O)c1ccccc1. The van der Waals surface area contributed by atoms with Gasteiger partial charge in [-0.15, -0.1) is 0 Å². The van der Waals surface area contributed by atoms with Crippen LogP contribution in [0.1, 0.15) is 41.6 Å². The van der Waals surface area contributed by atoms with Gasteiger partial charge in [-0.05, 0) is 56.0 Å². The fourth-order valence-electron chi connectivity index (χ4n) is 3.07. The summed E-state index contributed by atoms with van der Waals surface area (Å²) in [6, 6.07) is 14.6. The van der Waals surface area contributed by atoms with Gasteiger partial charge in [0.25, 0.3) is 5.91 Å². The van der Waals surface area contributed by atoms with Gasteiger partial charge in [0, 0.05) is 30.0 Å². The van der Waals surface area contributed by atoms with E-state index in [9.17, 15) is 9.59 Å². The van der Waals surface area contributed by atoms with E-state index < -0.39 is 0 Å². The number of benzene rings is 2. The summed E-state index contributed by atoms with van der Waals surface area (Å²) in [6.07, 6.45) is 3.50. The second kappa shape index (κ2) is 8.63. The number of carbonyl (C=O) groups is 2. The minimum atomic E-state index is -0.171. The summed E-state index contributed by atoms with van der Waals surface area (Å²) in [5.41, 5.74) is 2.84. The number of ether oxygens (including phenoxy) is 1. The number of anilines is 2. The quantitative estimate of drug-likeness (QED) is 0.821. The van der Waals surface area contributed by atoms with E-state index in [0.29, 0.717) is 23.4 Å². The van der Waals surface area contributed by atoms with Gasteiger partial charge in [-0.3, -0.25) is 9.59 Å². The lowest BCUT2D eigenvalue weighted by molar-refractivity contribution is -0.116. The highest BCUT2D eigenvalue weighted by atomic mass is 16.5. The van der Waals surface area contributed by atoms with E-state index in [1.54, 1.807) is 12.1 Å². The molecule has 2 aromatic rings. The first-order chi connectivity index (χ1) is 12.6. The molecule has 1 heterocycles. The summed E-state index contributed by atoms with van der Waals surface area (Å²) >= 11 is 0. The molecular weight excluding hydrogens is 328 g/mol. The van der Waals surface area contributed by atoms with Crippen molar-refractivity contribution in [1.29, 1.82) is 0 Å². The van der Waals surface area contributed by atoms with Crippen LogP contribution in [0.2, 0.25) is 0 Å². The van der Waals surface area contributed by atoms with Gasteiger partial charge in [0.1, 0.15) is 0 Å². The van der Waals surface area contributed by atoms with Crippen LogP contribution in [0.4, 0.5) is 11.4 Å². The summed E-state index contributed by atoms with van der Waals surface area (Å²) in [7, 11) is 0. The van der Waals surface area contributed by atoms with Gasteiger partial charge in [-0.1, -0.05) is 24.3 Å². The smallest absolute Gasteiger partial charge is 0.255 e. The summed E-state index contributed by atoms with van der Waals surface area (Å²) in [5.74, 6) is -0.203. The van der Waals surface area contributed by atoms with Crippen molar-refractivity contribution in [3.05, 3.63) is 59.7 Å². The predicted octanol–water partition coefficient (Wildman–Crippen LogP) is 4.15. The number of nitrogens with one attached hydrogen (secondary N) is 2. The molecule has 1 saturated heterocycles. The Kier molecular flexibility index (Phi) is 6.02. The van der Waals surface area contributed by atoms with Crippen molar-refractivity contribution in [2.75, 3.05) is 17.2 Å². The molecule has 5 nitrogen and oxygen atoms in total. The molecule has 0 saturated carbocycles. The molecule has 2 aromatic carbocycles. The minimum absolute atomic E-state index is 0.0323. The van der Waals surface area contributed by atoms with Gasteiger partial charge < -0.3 is 15.4 Å². The zero-order chi connectivity index (χ0) is 18.4. The maximum atomic E-state index is 12.3. The molecule has 0 aliphatic carbocycles. The van der Waals surface area contributed by atoms with E-state index in [4.69, 9.17) is 4.74 Å². The lowest BCUT2D eigenvalue weighted by atomic mass is 10.1. The van der Waals surface area contributed by atoms with Crippen LogP contribution in [0, 0.1) is 6.92 Å². The summed E-state index contributed by atoms with van der Waals surface area (Å²) in [4.78, 5) is 24.6.